The summed E-state index contributed by atoms with van der Waals surface area (Å²) < 4.78 is 0. The van der Waals surface area contributed by atoms with Gasteiger partial charge in [0.05, 0.1) is 0 Å². The van der Waals surface area contributed by atoms with Crippen molar-refractivity contribution in [2.45, 2.75) is 232 Å². The quantitative estimate of drug-likeness (QED) is 0.0641. The van der Waals surface area contributed by atoms with Gasteiger partial charge >= 0.3 is 0 Å². The molecule has 0 aromatic rings. The molecule has 2 heteroatoms. The first-order chi connectivity index (χ1) is 21.5. The fourth-order valence-electron chi connectivity index (χ4n) is 6.31. The standard InChI is InChI=1S/C22H47N.C20H43N/c1-4-5-6-7-8-9-10-11-12-13-14-15-16-17-18-19-20-21-22-23(2)3;1-4-5-6-7-8-9-10-11-12-13-14-15-16-17-18-19-20-21(2)3/h4-22H2,1-3H3;4-20H2,1-3H3. The molecule has 0 aromatic heterocycles. The molecule has 0 aliphatic carbocycles. The van der Waals surface area contributed by atoms with Crippen molar-refractivity contribution in [1.29, 1.82) is 0 Å². The van der Waals surface area contributed by atoms with Crippen molar-refractivity contribution < 1.29 is 0 Å². The van der Waals surface area contributed by atoms with Crippen molar-refractivity contribution in [2.75, 3.05) is 41.3 Å². The minimum atomic E-state index is 1.26. The van der Waals surface area contributed by atoms with Crippen LogP contribution in [0.25, 0.3) is 0 Å². The molecule has 0 bridgehead atoms. The van der Waals surface area contributed by atoms with Gasteiger partial charge in [-0.15, -0.1) is 0 Å². The van der Waals surface area contributed by atoms with Crippen LogP contribution in [0.1, 0.15) is 232 Å². The van der Waals surface area contributed by atoms with Gasteiger partial charge in [-0.2, -0.15) is 0 Å². The predicted molar refractivity (Wildman–Crippen MR) is 205 cm³/mol. The molecule has 0 rings (SSSR count). The van der Waals surface area contributed by atoms with Crippen molar-refractivity contribution in [3.05, 3.63) is 0 Å². The topological polar surface area (TPSA) is 6.48 Å². The molecule has 0 saturated heterocycles. The largest absolute Gasteiger partial charge is 0.309 e. The van der Waals surface area contributed by atoms with E-state index in [1.54, 1.807) is 0 Å². The van der Waals surface area contributed by atoms with E-state index < -0.39 is 0 Å². The molecule has 0 saturated carbocycles. The summed E-state index contributed by atoms with van der Waals surface area (Å²) in [7, 11) is 8.69. The molecule has 44 heavy (non-hydrogen) atoms. The Morgan fingerprint density at radius 2 is 0.341 bits per heavy atom. The lowest BCUT2D eigenvalue weighted by molar-refractivity contribution is 0.389. The molecule has 0 fully saturated rings. The van der Waals surface area contributed by atoms with Gasteiger partial charge in [-0.3, -0.25) is 0 Å². The van der Waals surface area contributed by atoms with E-state index in [0.717, 1.165) is 0 Å². The summed E-state index contributed by atoms with van der Waals surface area (Å²) in [6.45, 7) is 7.12. The van der Waals surface area contributed by atoms with Crippen LogP contribution in [0.5, 0.6) is 0 Å². The van der Waals surface area contributed by atoms with Crippen molar-refractivity contribution in [1.82, 2.24) is 9.80 Å². The number of nitrogens with zero attached hydrogens (tertiary/aromatic N) is 2. The normalized spacial score (nSPS) is 11.5. The van der Waals surface area contributed by atoms with Gasteiger partial charge in [-0.25, -0.2) is 0 Å². The zero-order valence-electron chi connectivity index (χ0n) is 32.4. The van der Waals surface area contributed by atoms with Gasteiger partial charge in [0, 0.05) is 0 Å². The van der Waals surface area contributed by atoms with Crippen LogP contribution in [0.2, 0.25) is 0 Å². The van der Waals surface area contributed by atoms with E-state index in [9.17, 15) is 0 Å². The first-order valence-electron chi connectivity index (χ1n) is 20.8. The van der Waals surface area contributed by atoms with Crippen LogP contribution in [-0.2, 0) is 0 Å². The number of rotatable bonds is 36. The highest BCUT2D eigenvalue weighted by Crippen LogP contribution is 2.15. The molecule has 2 nitrogen and oxygen atoms in total. The Balaban J connectivity index is 0. The number of hydrogen-bond donors (Lipinski definition) is 0. The van der Waals surface area contributed by atoms with E-state index in [-0.39, 0.29) is 0 Å². The Labute approximate surface area is 282 Å². The Bertz CT molecular complexity index is 461. The van der Waals surface area contributed by atoms with E-state index >= 15 is 0 Å². The first kappa shape index (κ1) is 46.0. The van der Waals surface area contributed by atoms with Gasteiger partial charge in [0.15, 0.2) is 0 Å². The molecular weight excluding hydrogens is 532 g/mol. The van der Waals surface area contributed by atoms with Crippen molar-refractivity contribution in [3.63, 3.8) is 0 Å². The summed E-state index contributed by atoms with van der Waals surface area (Å²) in [5.41, 5.74) is 0. The van der Waals surface area contributed by atoms with Crippen LogP contribution in [0.3, 0.4) is 0 Å². The van der Waals surface area contributed by atoms with Crippen LogP contribution in [0.15, 0.2) is 0 Å². The van der Waals surface area contributed by atoms with Crippen molar-refractivity contribution >= 4 is 0 Å². The molecule has 0 aromatic carbocycles. The Hall–Kier alpha value is -0.0800. The lowest BCUT2D eigenvalue weighted by Gasteiger charge is -2.08. The third-order valence-corrected chi connectivity index (χ3v) is 9.42. The van der Waals surface area contributed by atoms with Gasteiger partial charge in [-0.05, 0) is 54.1 Å². The molecular formula is C42H90N2. The summed E-state index contributed by atoms with van der Waals surface area (Å²) in [6, 6.07) is 0. The average Bonchev–Trinajstić information content (AvgIpc) is 3.00. The van der Waals surface area contributed by atoms with Gasteiger partial charge in [-0.1, -0.05) is 219 Å². The van der Waals surface area contributed by atoms with E-state index in [4.69, 9.17) is 0 Å². The van der Waals surface area contributed by atoms with E-state index in [2.05, 4.69) is 51.8 Å². The Morgan fingerprint density at radius 3 is 0.477 bits per heavy atom. The molecule has 0 unspecified atom stereocenters. The molecule has 0 atom stereocenters. The minimum Gasteiger partial charge on any atom is -0.309 e. The summed E-state index contributed by atoms with van der Waals surface area (Å²) in [4.78, 5) is 4.59. The highest BCUT2D eigenvalue weighted by molar-refractivity contribution is 4.53. The highest BCUT2D eigenvalue weighted by Gasteiger charge is 1.97. The van der Waals surface area contributed by atoms with Gasteiger partial charge < -0.3 is 9.80 Å². The SMILES string of the molecule is CCCCCCCCCCCCCCCCCCCCN(C)C.CCCCCCCCCCCCCCCCCCN(C)C. The van der Waals surface area contributed by atoms with E-state index in [1.165, 1.54) is 231 Å². The van der Waals surface area contributed by atoms with Crippen LogP contribution in [0, 0.1) is 0 Å². The molecule has 268 valence electrons. The van der Waals surface area contributed by atoms with Gasteiger partial charge in [0.25, 0.3) is 0 Å². The summed E-state index contributed by atoms with van der Waals surface area (Å²) in [6.07, 6.45) is 49.6. The minimum absolute atomic E-state index is 1.26. The molecule has 0 radical (unpaired) electrons. The van der Waals surface area contributed by atoms with Gasteiger partial charge in [0.1, 0.15) is 0 Å². The highest BCUT2D eigenvalue weighted by atomic mass is 15.0. The summed E-state index contributed by atoms with van der Waals surface area (Å²) in [5.74, 6) is 0. The molecule has 0 aliphatic rings. The van der Waals surface area contributed by atoms with Crippen LogP contribution < -0.4 is 0 Å². The third kappa shape index (κ3) is 48.8. The van der Waals surface area contributed by atoms with Crippen molar-refractivity contribution in [2.24, 2.45) is 0 Å². The van der Waals surface area contributed by atoms with Gasteiger partial charge in [0.2, 0.25) is 0 Å². The summed E-state index contributed by atoms with van der Waals surface area (Å²) in [5, 5.41) is 0. The zero-order chi connectivity index (χ0) is 32.6. The maximum absolute atomic E-state index is 2.30. The fourth-order valence-corrected chi connectivity index (χ4v) is 6.31. The Kier molecular flexibility index (Phi) is 44.9. The number of hydrogen-bond acceptors (Lipinski definition) is 2. The third-order valence-electron chi connectivity index (χ3n) is 9.42. The maximum Gasteiger partial charge on any atom is -0.00248 e. The first-order valence-corrected chi connectivity index (χ1v) is 20.8. The second-order valence-corrected chi connectivity index (χ2v) is 14.9. The van der Waals surface area contributed by atoms with E-state index in [0.29, 0.717) is 0 Å². The molecule has 0 amide bonds. The van der Waals surface area contributed by atoms with Crippen molar-refractivity contribution in [3.8, 4) is 0 Å². The molecule has 0 spiro atoms. The maximum atomic E-state index is 2.30. The van der Waals surface area contributed by atoms with E-state index in [1.807, 2.05) is 0 Å². The average molecular weight is 623 g/mol. The molecule has 0 N–H and O–H groups in total. The monoisotopic (exact) mass is 623 g/mol. The molecule has 0 heterocycles. The summed E-state index contributed by atoms with van der Waals surface area (Å²) >= 11 is 0. The van der Waals surface area contributed by atoms with Crippen LogP contribution >= 0.6 is 0 Å². The lowest BCUT2D eigenvalue weighted by atomic mass is 10.0. The number of unbranched alkanes of at least 4 members (excludes halogenated alkanes) is 32. The predicted octanol–water partition coefficient (Wildman–Crippen LogP) is 14.4. The zero-order valence-corrected chi connectivity index (χ0v) is 32.4. The Morgan fingerprint density at radius 1 is 0.205 bits per heavy atom. The fraction of sp³-hybridized carbons (Fsp3) is 1.00. The van der Waals surface area contributed by atoms with Crippen LogP contribution in [-0.4, -0.2) is 51.1 Å². The smallest absolute Gasteiger partial charge is 0.00248 e. The lowest BCUT2D eigenvalue weighted by Crippen LogP contribution is -2.12. The van der Waals surface area contributed by atoms with Crippen LogP contribution in [0.4, 0.5) is 0 Å². The second kappa shape index (κ2) is 42.9. The molecule has 0 aliphatic heterocycles. The second-order valence-electron chi connectivity index (χ2n) is 14.9.